The second kappa shape index (κ2) is 10.7. The third-order valence-electron chi connectivity index (χ3n) is 3.38. The van der Waals surface area contributed by atoms with Crippen LogP contribution in [0.25, 0.3) is 0 Å². The Labute approximate surface area is 139 Å². The maximum atomic E-state index is 11.5. The van der Waals surface area contributed by atoms with Crippen molar-refractivity contribution in [3.8, 4) is 0 Å². The van der Waals surface area contributed by atoms with Crippen LogP contribution in [0.1, 0.15) is 39.0 Å². The Kier molecular flexibility index (Phi) is 9.74. The zero-order valence-corrected chi connectivity index (χ0v) is 14.6. The van der Waals surface area contributed by atoms with Crippen LogP contribution in [0.3, 0.4) is 0 Å². The largest absolute Gasteiger partial charge is 0.394 e. The van der Waals surface area contributed by atoms with E-state index in [9.17, 15) is 9.90 Å². The highest BCUT2D eigenvalue weighted by Crippen LogP contribution is 2.28. The first-order valence-corrected chi connectivity index (χ1v) is 8.81. The number of amides is 1. The Hall–Kier alpha value is 0.0400. The van der Waals surface area contributed by atoms with E-state index in [4.69, 9.17) is 14.6 Å². The van der Waals surface area contributed by atoms with E-state index in [2.05, 4.69) is 12.2 Å². The van der Waals surface area contributed by atoms with Crippen LogP contribution < -0.4 is 5.32 Å². The van der Waals surface area contributed by atoms with E-state index in [-0.39, 0.29) is 16.4 Å². The molecule has 1 fully saturated rings. The van der Waals surface area contributed by atoms with Gasteiger partial charge in [0.15, 0.2) is 6.29 Å². The predicted octanol–water partition coefficient (Wildman–Crippen LogP) is 0.971. The number of carbonyl (C=O) groups is 1. The Balaban J connectivity index is 2.07. The van der Waals surface area contributed by atoms with Crippen molar-refractivity contribution in [2.45, 2.75) is 61.5 Å². The summed E-state index contributed by atoms with van der Waals surface area (Å²) in [6, 6.07) is 0. The molecule has 0 radical (unpaired) electrons. The first-order chi connectivity index (χ1) is 10.1. The molecule has 1 saturated heterocycles. The van der Waals surface area contributed by atoms with Gasteiger partial charge in [-0.05, 0) is 12.8 Å². The van der Waals surface area contributed by atoms with E-state index in [1.165, 1.54) is 0 Å². The highest BCUT2D eigenvalue weighted by atomic mass is 127. The molecule has 1 rings (SSSR count). The third kappa shape index (κ3) is 6.77. The summed E-state index contributed by atoms with van der Waals surface area (Å²) < 4.78 is 10.7. The summed E-state index contributed by atoms with van der Waals surface area (Å²) in [6.07, 6.45) is 2.42. The second-order valence-corrected chi connectivity index (χ2v) is 6.63. The quantitative estimate of drug-likeness (QED) is 0.281. The molecule has 0 aromatic carbocycles. The Morgan fingerprint density at radius 1 is 1.38 bits per heavy atom. The molecule has 3 N–H and O–H groups in total. The van der Waals surface area contributed by atoms with Gasteiger partial charge in [0, 0.05) is 13.0 Å². The van der Waals surface area contributed by atoms with Crippen LogP contribution in [-0.2, 0) is 14.3 Å². The predicted molar refractivity (Wildman–Crippen MR) is 87.3 cm³/mol. The monoisotopic (exact) mass is 415 g/mol. The molecule has 6 nitrogen and oxygen atoms in total. The third-order valence-corrected chi connectivity index (χ3v) is 4.92. The summed E-state index contributed by atoms with van der Waals surface area (Å²) in [6.45, 7) is 3.07. The molecule has 7 heteroatoms. The van der Waals surface area contributed by atoms with Gasteiger partial charge in [-0.25, -0.2) is 0 Å². The minimum absolute atomic E-state index is 0.0302. The zero-order valence-electron chi connectivity index (χ0n) is 12.5. The van der Waals surface area contributed by atoms with Crippen molar-refractivity contribution < 1.29 is 24.5 Å². The number of unbranched alkanes of at least 4 members (excludes halogenated alkanes) is 2. The molecular formula is C14H26INO5. The molecule has 1 aliphatic rings. The van der Waals surface area contributed by atoms with Crippen molar-refractivity contribution in [2.24, 2.45) is 0 Å². The van der Waals surface area contributed by atoms with Gasteiger partial charge in [0.1, 0.15) is 6.10 Å². The molecule has 0 bridgehead atoms. The van der Waals surface area contributed by atoms with E-state index in [0.717, 1.165) is 25.8 Å². The van der Waals surface area contributed by atoms with E-state index in [1.54, 1.807) is 0 Å². The number of ether oxygens (including phenoxy) is 2. The molecular weight excluding hydrogens is 389 g/mol. The second-order valence-electron chi connectivity index (χ2n) is 5.19. The van der Waals surface area contributed by atoms with Gasteiger partial charge in [0.2, 0.25) is 5.91 Å². The van der Waals surface area contributed by atoms with E-state index in [0.29, 0.717) is 19.4 Å². The lowest BCUT2D eigenvalue weighted by molar-refractivity contribution is -0.170. The van der Waals surface area contributed by atoms with Crippen molar-refractivity contribution in [3.05, 3.63) is 0 Å². The summed E-state index contributed by atoms with van der Waals surface area (Å²) >= 11 is 2.05. The minimum Gasteiger partial charge on any atom is -0.394 e. The molecule has 0 aromatic rings. The molecule has 0 aliphatic carbocycles. The van der Waals surface area contributed by atoms with Crippen LogP contribution >= 0.6 is 22.6 Å². The topological polar surface area (TPSA) is 88.0 Å². The van der Waals surface area contributed by atoms with E-state index >= 15 is 0 Å². The summed E-state index contributed by atoms with van der Waals surface area (Å²) in [5.74, 6) is 0.0302. The molecule has 0 aromatic heterocycles. The van der Waals surface area contributed by atoms with Crippen LogP contribution in [-0.4, -0.2) is 58.3 Å². The van der Waals surface area contributed by atoms with Crippen LogP contribution in [0.5, 0.6) is 0 Å². The number of nitrogens with one attached hydrogen (secondary N) is 1. The minimum atomic E-state index is -0.745. The Morgan fingerprint density at radius 2 is 2.14 bits per heavy atom. The lowest BCUT2D eigenvalue weighted by atomic mass is 10.2. The van der Waals surface area contributed by atoms with Gasteiger partial charge in [-0.1, -0.05) is 42.4 Å². The van der Waals surface area contributed by atoms with Gasteiger partial charge in [0.25, 0.3) is 0 Å². The van der Waals surface area contributed by atoms with Gasteiger partial charge < -0.3 is 25.0 Å². The first-order valence-electron chi connectivity index (χ1n) is 7.57. The number of hydrogen-bond acceptors (Lipinski definition) is 5. The van der Waals surface area contributed by atoms with Gasteiger partial charge in [-0.3, -0.25) is 4.79 Å². The number of halogens is 1. The number of aliphatic hydroxyl groups is 2. The number of hydrogen-bond donors (Lipinski definition) is 3. The average molecular weight is 415 g/mol. The molecule has 21 heavy (non-hydrogen) atoms. The maximum absolute atomic E-state index is 11.5. The zero-order chi connectivity index (χ0) is 15.7. The van der Waals surface area contributed by atoms with Gasteiger partial charge in [-0.15, -0.1) is 0 Å². The van der Waals surface area contributed by atoms with Crippen molar-refractivity contribution in [3.63, 3.8) is 0 Å². The van der Waals surface area contributed by atoms with E-state index < -0.39 is 18.5 Å². The van der Waals surface area contributed by atoms with Gasteiger partial charge in [-0.2, -0.15) is 0 Å². The molecule has 1 heterocycles. The lowest BCUT2D eigenvalue weighted by Crippen LogP contribution is -2.30. The number of alkyl halides is 1. The average Bonchev–Trinajstić information content (AvgIpc) is 2.76. The van der Waals surface area contributed by atoms with Gasteiger partial charge in [0.05, 0.1) is 23.2 Å². The lowest BCUT2D eigenvalue weighted by Gasteiger charge is -2.15. The van der Waals surface area contributed by atoms with Crippen LogP contribution in [0.2, 0.25) is 0 Å². The summed E-state index contributed by atoms with van der Waals surface area (Å²) in [7, 11) is 0. The van der Waals surface area contributed by atoms with Gasteiger partial charge >= 0.3 is 0 Å². The van der Waals surface area contributed by atoms with Crippen LogP contribution in [0.4, 0.5) is 0 Å². The first kappa shape index (κ1) is 19.1. The highest BCUT2D eigenvalue weighted by molar-refractivity contribution is 14.1. The fourth-order valence-corrected chi connectivity index (χ4v) is 2.84. The number of carbonyl (C=O) groups excluding carboxylic acids is 1. The van der Waals surface area contributed by atoms with Crippen molar-refractivity contribution in [1.29, 1.82) is 0 Å². The normalized spacial score (nSPS) is 28.8. The van der Waals surface area contributed by atoms with E-state index in [1.807, 2.05) is 22.6 Å². The summed E-state index contributed by atoms with van der Waals surface area (Å²) in [5.41, 5.74) is 0. The molecule has 0 saturated carbocycles. The molecule has 2 unspecified atom stereocenters. The smallest absolute Gasteiger partial charge is 0.220 e. The van der Waals surface area contributed by atoms with Crippen molar-refractivity contribution in [2.75, 3.05) is 19.8 Å². The summed E-state index contributed by atoms with van der Waals surface area (Å²) in [4.78, 5) is 11.5. The molecule has 0 spiro atoms. The maximum Gasteiger partial charge on any atom is 0.220 e. The van der Waals surface area contributed by atoms with Crippen LogP contribution in [0, 0.1) is 0 Å². The van der Waals surface area contributed by atoms with Crippen molar-refractivity contribution in [1.82, 2.24) is 5.32 Å². The Morgan fingerprint density at radius 3 is 2.76 bits per heavy atom. The highest BCUT2D eigenvalue weighted by Gasteiger charge is 2.42. The fraction of sp³-hybridized carbons (Fsp3) is 0.929. The standard InChI is InChI=1S/C14H26INO5/c1-2-3-4-7-16-11(18)6-5-8-20-14-13(19)12(15)10(9-17)21-14/h10,12-14,17,19H,2-9H2,1H3,(H,16,18)/t10-,12?,13?,14+/m0/s1. The molecule has 4 atom stereocenters. The van der Waals surface area contributed by atoms with Crippen molar-refractivity contribution >= 4 is 28.5 Å². The number of rotatable bonds is 10. The molecule has 1 amide bonds. The Bertz CT molecular complexity index is 305. The fourth-order valence-electron chi connectivity index (χ4n) is 2.10. The molecule has 124 valence electrons. The van der Waals surface area contributed by atoms with Crippen LogP contribution in [0.15, 0.2) is 0 Å². The molecule has 1 aliphatic heterocycles. The number of aliphatic hydroxyl groups excluding tert-OH is 2. The summed E-state index contributed by atoms with van der Waals surface area (Å²) in [5, 5.41) is 21.8. The SMILES string of the molecule is CCCCCNC(=O)CCCO[C@@H]1O[C@@H](CO)C(I)C1O.